The van der Waals surface area contributed by atoms with Crippen LogP contribution < -0.4 is 5.32 Å². The van der Waals surface area contributed by atoms with Gasteiger partial charge in [0, 0.05) is 23.8 Å². The lowest BCUT2D eigenvalue weighted by Gasteiger charge is -2.23. The average Bonchev–Trinajstić information content (AvgIpc) is 3.47. The zero-order valence-corrected chi connectivity index (χ0v) is 15.5. The van der Waals surface area contributed by atoms with E-state index in [-0.39, 0.29) is 24.4 Å². The Morgan fingerprint density at radius 2 is 2.22 bits per heavy atom. The second kappa shape index (κ2) is 7.79. The van der Waals surface area contributed by atoms with Gasteiger partial charge in [0.2, 0.25) is 5.91 Å². The van der Waals surface area contributed by atoms with Crippen LogP contribution in [0.15, 0.2) is 53.4 Å². The van der Waals surface area contributed by atoms with Crippen LogP contribution in [0.25, 0.3) is 0 Å². The van der Waals surface area contributed by atoms with Gasteiger partial charge in [0.1, 0.15) is 12.3 Å². The van der Waals surface area contributed by atoms with E-state index in [1.807, 2.05) is 29.2 Å². The number of hydrogen-bond donors (Lipinski definition) is 1. The summed E-state index contributed by atoms with van der Waals surface area (Å²) >= 11 is 1.45. The van der Waals surface area contributed by atoms with Gasteiger partial charge in [-0.2, -0.15) is 5.10 Å². The summed E-state index contributed by atoms with van der Waals surface area (Å²) in [6.07, 6.45) is 6.92. The van der Waals surface area contributed by atoms with E-state index in [4.69, 9.17) is 4.42 Å². The molecule has 0 bridgehead atoms. The SMILES string of the molecule is O=C(NCc1ccco1)c1ccc([C@H]2CCCN2C(=O)Cn2cccn2)s1. The van der Waals surface area contributed by atoms with Crippen LogP contribution in [0.5, 0.6) is 0 Å². The van der Waals surface area contributed by atoms with Gasteiger partial charge in [0.15, 0.2) is 0 Å². The Kier molecular flexibility index (Phi) is 5.06. The second-order valence-corrected chi connectivity index (χ2v) is 7.53. The molecule has 27 heavy (non-hydrogen) atoms. The monoisotopic (exact) mass is 384 g/mol. The van der Waals surface area contributed by atoms with Crippen molar-refractivity contribution in [3.05, 3.63) is 64.5 Å². The topological polar surface area (TPSA) is 80.4 Å². The van der Waals surface area contributed by atoms with Crippen LogP contribution in [0.3, 0.4) is 0 Å². The summed E-state index contributed by atoms with van der Waals surface area (Å²) in [6, 6.07) is 9.23. The number of hydrogen-bond acceptors (Lipinski definition) is 5. The van der Waals surface area contributed by atoms with Crippen molar-refractivity contribution in [3.63, 3.8) is 0 Å². The summed E-state index contributed by atoms with van der Waals surface area (Å²) < 4.78 is 6.87. The fourth-order valence-electron chi connectivity index (χ4n) is 3.31. The van der Waals surface area contributed by atoms with Crippen molar-refractivity contribution in [3.8, 4) is 0 Å². The number of thiophene rings is 1. The molecule has 0 unspecified atom stereocenters. The number of amides is 2. The van der Waals surface area contributed by atoms with Gasteiger partial charge in [-0.1, -0.05) is 0 Å². The molecule has 1 saturated heterocycles. The van der Waals surface area contributed by atoms with Crippen LogP contribution in [-0.4, -0.2) is 33.0 Å². The Labute approximate surface area is 160 Å². The molecule has 1 N–H and O–H groups in total. The normalized spacial score (nSPS) is 16.6. The van der Waals surface area contributed by atoms with Crippen molar-refractivity contribution in [1.82, 2.24) is 20.0 Å². The number of furan rings is 1. The minimum absolute atomic E-state index is 0.0321. The van der Waals surface area contributed by atoms with Gasteiger partial charge >= 0.3 is 0 Å². The van der Waals surface area contributed by atoms with Crippen molar-refractivity contribution in [1.29, 1.82) is 0 Å². The van der Waals surface area contributed by atoms with Gasteiger partial charge in [0.25, 0.3) is 5.91 Å². The van der Waals surface area contributed by atoms with Crippen LogP contribution in [0.1, 0.15) is 39.2 Å². The van der Waals surface area contributed by atoms with E-state index in [1.165, 1.54) is 11.3 Å². The highest BCUT2D eigenvalue weighted by atomic mass is 32.1. The van der Waals surface area contributed by atoms with Crippen molar-refractivity contribution in [2.24, 2.45) is 0 Å². The second-order valence-electron chi connectivity index (χ2n) is 6.41. The Balaban J connectivity index is 1.40. The van der Waals surface area contributed by atoms with E-state index >= 15 is 0 Å². The minimum Gasteiger partial charge on any atom is -0.467 e. The van der Waals surface area contributed by atoms with Crippen molar-refractivity contribution in [2.45, 2.75) is 32.0 Å². The van der Waals surface area contributed by atoms with Gasteiger partial charge in [0.05, 0.1) is 23.7 Å². The average molecular weight is 384 g/mol. The zero-order chi connectivity index (χ0) is 18.6. The number of rotatable bonds is 6. The molecule has 2 amide bonds. The molecule has 1 fully saturated rings. The smallest absolute Gasteiger partial charge is 0.261 e. The summed E-state index contributed by atoms with van der Waals surface area (Å²) in [5.74, 6) is 0.639. The van der Waals surface area contributed by atoms with E-state index in [2.05, 4.69) is 10.4 Å². The van der Waals surface area contributed by atoms with Crippen molar-refractivity contribution in [2.75, 3.05) is 6.54 Å². The predicted molar refractivity (Wildman–Crippen MR) is 100 cm³/mol. The summed E-state index contributed by atoms with van der Waals surface area (Å²) in [5.41, 5.74) is 0. The van der Waals surface area contributed by atoms with E-state index in [0.29, 0.717) is 17.2 Å². The summed E-state index contributed by atoms with van der Waals surface area (Å²) in [4.78, 5) is 28.6. The fourth-order valence-corrected chi connectivity index (χ4v) is 4.38. The molecule has 0 saturated carbocycles. The van der Waals surface area contributed by atoms with E-state index in [9.17, 15) is 9.59 Å². The number of nitrogens with one attached hydrogen (secondary N) is 1. The minimum atomic E-state index is -0.130. The molecule has 1 atom stereocenters. The molecular formula is C19H20N4O3S. The van der Waals surface area contributed by atoms with Crippen LogP contribution in [-0.2, 0) is 17.9 Å². The first-order valence-electron chi connectivity index (χ1n) is 8.88. The maximum atomic E-state index is 12.7. The van der Waals surface area contributed by atoms with Gasteiger partial charge in [-0.25, -0.2) is 0 Å². The van der Waals surface area contributed by atoms with Crippen LogP contribution >= 0.6 is 11.3 Å². The van der Waals surface area contributed by atoms with Gasteiger partial charge in [-0.3, -0.25) is 14.3 Å². The van der Waals surface area contributed by atoms with Gasteiger partial charge < -0.3 is 14.6 Å². The highest BCUT2D eigenvalue weighted by molar-refractivity contribution is 7.14. The molecule has 0 radical (unpaired) electrons. The third-order valence-electron chi connectivity index (χ3n) is 4.61. The van der Waals surface area contributed by atoms with Crippen LogP contribution in [0.2, 0.25) is 0 Å². The number of aromatic nitrogens is 2. The number of carbonyl (C=O) groups is 2. The molecule has 0 spiro atoms. The molecule has 140 valence electrons. The Hall–Kier alpha value is -2.87. The molecule has 0 aliphatic carbocycles. The molecule has 1 aliphatic heterocycles. The van der Waals surface area contributed by atoms with Crippen LogP contribution in [0, 0.1) is 0 Å². The summed E-state index contributed by atoms with van der Waals surface area (Å²) in [7, 11) is 0. The summed E-state index contributed by atoms with van der Waals surface area (Å²) in [6.45, 7) is 1.34. The van der Waals surface area contributed by atoms with E-state index in [0.717, 1.165) is 24.3 Å². The lowest BCUT2D eigenvalue weighted by atomic mass is 10.2. The number of nitrogens with zero attached hydrogens (tertiary/aromatic N) is 3. The fraction of sp³-hybridized carbons (Fsp3) is 0.316. The zero-order valence-electron chi connectivity index (χ0n) is 14.7. The molecule has 4 heterocycles. The molecule has 7 nitrogen and oxygen atoms in total. The van der Waals surface area contributed by atoms with Crippen molar-refractivity contribution < 1.29 is 14.0 Å². The molecule has 8 heteroatoms. The highest BCUT2D eigenvalue weighted by Crippen LogP contribution is 2.36. The maximum Gasteiger partial charge on any atom is 0.261 e. The predicted octanol–water partition coefficient (Wildman–Crippen LogP) is 2.83. The van der Waals surface area contributed by atoms with Crippen LogP contribution in [0.4, 0.5) is 0 Å². The van der Waals surface area contributed by atoms with Gasteiger partial charge in [-0.15, -0.1) is 11.3 Å². The molecule has 4 rings (SSSR count). The Bertz CT molecular complexity index is 901. The maximum absolute atomic E-state index is 12.7. The third-order valence-corrected chi connectivity index (χ3v) is 5.80. The molecular weight excluding hydrogens is 364 g/mol. The molecule has 3 aromatic rings. The Morgan fingerprint density at radius 1 is 1.30 bits per heavy atom. The third kappa shape index (κ3) is 3.95. The lowest BCUT2D eigenvalue weighted by molar-refractivity contribution is -0.132. The highest BCUT2D eigenvalue weighted by Gasteiger charge is 2.31. The number of likely N-dealkylation sites (tertiary alicyclic amines) is 1. The molecule has 1 aliphatic rings. The summed E-state index contributed by atoms with van der Waals surface area (Å²) in [5, 5.41) is 6.96. The molecule has 0 aromatic carbocycles. The lowest BCUT2D eigenvalue weighted by Crippen LogP contribution is -2.33. The van der Waals surface area contributed by atoms with Gasteiger partial charge in [-0.05, 0) is 43.2 Å². The van der Waals surface area contributed by atoms with E-state index in [1.54, 1.807) is 29.4 Å². The first kappa shape index (κ1) is 17.5. The standard InChI is InChI=1S/C19H20N4O3S/c24-18(13-22-9-3-8-21-22)23-10-1-5-15(23)16-6-7-17(27-16)19(25)20-12-14-4-2-11-26-14/h2-4,6-9,11,15H,1,5,10,12-13H2,(H,20,25)/t15-/m1/s1. The largest absolute Gasteiger partial charge is 0.467 e. The first-order chi connectivity index (χ1) is 13.2. The Morgan fingerprint density at radius 3 is 3.00 bits per heavy atom. The van der Waals surface area contributed by atoms with E-state index < -0.39 is 0 Å². The quantitative estimate of drug-likeness (QED) is 0.709. The molecule has 3 aromatic heterocycles. The first-order valence-corrected chi connectivity index (χ1v) is 9.69. The van der Waals surface area contributed by atoms with Crippen molar-refractivity contribution >= 4 is 23.2 Å². The number of carbonyl (C=O) groups excluding carboxylic acids is 2.